The summed E-state index contributed by atoms with van der Waals surface area (Å²) in [6.45, 7) is 1.85. The van der Waals surface area contributed by atoms with E-state index in [1.807, 2.05) is 6.92 Å². The second-order valence-electron chi connectivity index (χ2n) is 7.65. The molecule has 1 atom stereocenters. The zero-order chi connectivity index (χ0) is 24.3. The van der Waals surface area contributed by atoms with Crippen LogP contribution in [0.5, 0.6) is 5.75 Å². The lowest BCUT2D eigenvalue weighted by atomic mass is 9.83. The van der Waals surface area contributed by atoms with Gasteiger partial charge in [-0.05, 0) is 53.9 Å². The molecular weight excluding hydrogens is 471 g/mol. The number of hydrogen-bond acceptors (Lipinski definition) is 6. The van der Waals surface area contributed by atoms with Crippen molar-refractivity contribution < 1.29 is 22.2 Å². The molecule has 0 spiro atoms. The summed E-state index contributed by atoms with van der Waals surface area (Å²) in [6, 6.07) is 12.2. The molecular formula is C23H22ClFN2O5S. The van der Waals surface area contributed by atoms with Gasteiger partial charge in [0.1, 0.15) is 0 Å². The molecule has 2 aromatic carbocycles. The summed E-state index contributed by atoms with van der Waals surface area (Å²) in [5, 5.41) is 13.7. The number of pyridine rings is 1. The highest BCUT2D eigenvalue weighted by atomic mass is 35.5. The van der Waals surface area contributed by atoms with Crippen LogP contribution in [0.2, 0.25) is 5.02 Å². The first-order valence-corrected chi connectivity index (χ1v) is 12.0. The monoisotopic (exact) mass is 492 g/mol. The first kappa shape index (κ1) is 24.5. The topological polar surface area (TPSA) is 98.0 Å². The minimum absolute atomic E-state index is 0.156. The Morgan fingerprint density at radius 3 is 2.52 bits per heavy atom. The first-order chi connectivity index (χ1) is 15.5. The van der Waals surface area contributed by atoms with E-state index >= 15 is 0 Å². The molecule has 7 nitrogen and oxygen atoms in total. The second-order valence-corrected chi connectivity index (χ2v) is 9.66. The Balaban J connectivity index is 2.09. The molecule has 0 amide bonds. The van der Waals surface area contributed by atoms with Gasteiger partial charge in [-0.25, -0.2) is 4.39 Å². The average molecular weight is 493 g/mol. The van der Waals surface area contributed by atoms with E-state index in [0.29, 0.717) is 16.1 Å². The fourth-order valence-electron chi connectivity index (χ4n) is 3.58. The Hall–Kier alpha value is -3.17. The van der Waals surface area contributed by atoms with Crippen molar-refractivity contribution in [3.05, 3.63) is 98.2 Å². The Kier molecular flexibility index (Phi) is 7.24. The van der Waals surface area contributed by atoms with Gasteiger partial charge in [0.05, 0.1) is 12.0 Å². The van der Waals surface area contributed by atoms with E-state index in [-0.39, 0.29) is 17.7 Å². The molecule has 0 saturated carbocycles. The second kappa shape index (κ2) is 9.76. The molecule has 0 saturated heterocycles. The molecule has 0 aliphatic carbocycles. The van der Waals surface area contributed by atoms with Crippen molar-refractivity contribution in [2.75, 3.05) is 6.26 Å². The summed E-state index contributed by atoms with van der Waals surface area (Å²) in [5.74, 6) is -1.74. The largest absolute Gasteiger partial charge is 0.411 e. The van der Waals surface area contributed by atoms with Gasteiger partial charge in [0.15, 0.2) is 11.6 Å². The Morgan fingerprint density at radius 1 is 1.21 bits per heavy atom. The van der Waals surface area contributed by atoms with Gasteiger partial charge in [-0.3, -0.25) is 4.79 Å². The van der Waals surface area contributed by atoms with Crippen molar-refractivity contribution in [1.82, 2.24) is 4.57 Å². The lowest BCUT2D eigenvalue weighted by molar-refractivity contribution is 0.317. The van der Waals surface area contributed by atoms with Crippen LogP contribution in [-0.4, -0.2) is 30.2 Å². The summed E-state index contributed by atoms with van der Waals surface area (Å²) in [5.41, 5.74) is 2.73. The number of benzene rings is 2. The number of oxime groups is 1. The third-order valence-electron chi connectivity index (χ3n) is 5.14. The van der Waals surface area contributed by atoms with Crippen molar-refractivity contribution in [2.24, 2.45) is 12.2 Å². The lowest BCUT2D eigenvalue weighted by Crippen LogP contribution is -2.18. The van der Waals surface area contributed by atoms with E-state index in [4.69, 9.17) is 15.8 Å². The van der Waals surface area contributed by atoms with Gasteiger partial charge in [-0.1, -0.05) is 28.9 Å². The highest BCUT2D eigenvalue weighted by Gasteiger charge is 2.23. The summed E-state index contributed by atoms with van der Waals surface area (Å²) in [4.78, 5) is 11.7. The molecule has 0 bridgehead atoms. The quantitative estimate of drug-likeness (QED) is 0.230. The molecule has 1 N–H and O–H groups in total. The highest BCUT2D eigenvalue weighted by Crippen LogP contribution is 2.35. The summed E-state index contributed by atoms with van der Waals surface area (Å²) < 4.78 is 43.6. The van der Waals surface area contributed by atoms with Crippen LogP contribution < -0.4 is 9.74 Å². The number of nitrogens with zero attached hydrogens (tertiary/aromatic N) is 2. The molecule has 3 aromatic rings. The number of rotatable bonds is 7. The Bertz CT molecular complexity index is 1390. The molecule has 1 unspecified atom stereocenters. The van der Waals surface area contributed by atoms with Gasteiger partial charge in [-0.2, -0.15) is 8.42 Å². The van der Waals surface area contributed by atoms with Crippen LogP contribution in [0.15, 0.2) is 64.7 Å². The van der Waals surface area contributed by atoms with Crippen LogP contribution in [0.3, 0.4) is 0 Å². The minimum Gasteiger partial charge on any atom is -0.411 e. The summed E-state index contributed by atoms with van der Waals surface area (Å²) in [6.07, 6.45) is 2.53. The molecule has 10 heteroatoms. The van der Waals surface area contributed by atoms with E-state index < -0.39 is 27.6 Å². The molecule has 0 radical (unpaired) electrons. The average Bonchev–Trinajstić information content (AvgIpc) is 2.72. The predicted octanol–water partition coefficient (Wildman–Crippen LogP) is 4.23. The van der Waals surface area contributed by atoms with Crippen molar-refractivity contribution in [2.45, 2.75) is 19.3 Å². The maximum absolute atomic E-state index is 14.7. The number of halogens is 2. The van der Waals surface area contributed by atoms with Crippen molar-refractivity contribution >= 4 is 27.4 Å². The number of hydrogen-bond donors (Lipinski definition) is 1. The zero-order valence-corrected chi connectivity index (χ0v) is 19.7. The fraction of sp³-hybridized carbons (Fsp3) is 0.217. The normalized spacial score (nSPS) is 13.1. The van der Waals surface area contributed by atoms with Gasteiger partial charge in [0.2, 0.25) is 5.56 Å². The van der Waals surface area contributed by atoms with Crippen molar-refractivity contribution in [3.8, 4) is 5.75 Å². The zero-order valence-electron chi connectivity index (χ0n) is 18.1. The molecule has 33 heavy (non-hydrogen) atoms. The summed E-state index contributed by atoms with van der Waals surface area (Å²) >= 11 is 6.11. The smallest absolute Gasteiger partial charge is 0.306 e. The summed E-state index contributed by atoms with van der Waals surface area (Å²) in [7, 11) is -2.32. The Morgan fingerprint density at radius 2 is 1.94 bits per heavy atom. The van der Waals surface area contributed by atoms with Gasteiger partial charge in [0.25, 0.3) is 0 Å². The van der Waals surface area contributed by atoms with E-state index in [1.54, 1.807) is 43.6 Å². The first-order valence-electron chi connectivity index (χ1n) is 9.81. The van der Waals surface area contributed by atoms with Gasteiger partial charge in [-0.15, -0.1) is 0 Å². The maximum atomic E-state index is 14.7. The highest BCUT2D eigenvalue weighted by molar-refractivity contribution is 7.86. The van der Waals surface area contributed by atoms with Crippen molar-refractivity contribution in [1.29, 1.82) is 0 Å². The van der Waals surface area contributed by atoms with Crippen LogP contribution in [0.25, 0.3) is 0 Å². The van der Waals surface area contributed by atoms with Crippen LogP contribution in [0.4, 0.5) is 4.39 Å². The van der Waals surface area contributed by atoms with Gasteiger partial charge in [0, 0.05) is 42.2 Å². The van der Waals surface area contributed by atoms with Crippen molar-refractivity contribution in [3.63, 3.8) is 0 Å². The van der Waals surface area contributed by atoms with Gasteiger partial charge < -0.3 is 14.0 Å². The van der Waals surface area contributed by atoms with E-state index in [9.17, 15) is 22.8 Å². The van der Waals surface area contributed by atoms with E-state index in [0.717, 1.165) is 17.4 Å². The predicted molar refractivity (Wildman–Crippen MR) is 125 cm³/mol. The van der Waals surface area contributed by atoms with Crippen LogP contribution in [0.1, 0.15) is 34.6 Å². The third-order valence-corrected chi connectivity index (χ3v) is 5.86. The van der Waals surface area contributed by atoms with Crippen LogP contribution >= 0.6 is 11.6 Å². The fourth-order valence-corrected chi connectivity index (χ4v) is 4.26. The van der Waals surface area contributed by atoms with E-state index in [1.165, 1.54) is 22.8 Å². The standard InChI is InChI=1S/C23H22ClFN2O5S/c1-14-10-17(24)6-7-18(14)19(12-21(26-29)16-5-9-23(28)27(2)13-16)15-4-8-22(20(25)11-15)32-33(3,30)31/h4-11,13,19,29H,12H2,1-3H3. The number of aryl methyl sites for hydroxylation is 2. The lowest BCUT2D eigenvalue weighted by Gasteiger charge is -2.22. The molecule has 1 heterocycles. The molecule has 0 aliphatic heterocycles. The Labute approximate surface area is 195 Å². The minimum atomic E-state index is -3.90. The molecule has 3 rings (SSSR count). The molecule has 174 valence electrons. The molecule has 1 aromatic heterocycles. The SMILES string of the molecule is Cc1cc(Cl)ccc1C(CC(=NO)c1ccc(=O)n(C)c1)c1ccc(OS(C)(=O)=O)c(F)c1. The van der Waals surface area contributed by atoms with E-state index in [2.05, 4.69) is 5.16 Å². The van der Waals surface area contributed by atoms with Gasteiger partial charge >= 0.3 is 10.1 Å². The molecule has 0 aliphatic rings. The van der Waals surface area contributed by atoms with Crippen LogP contribution in [-0.2, 0) is 17.2 Å². The number of aromatic nitrogens is 1. The maximum Gasteiger partial charge on any atom is 0.306 e. The van der Waals surface area contributed by atoms with Crippen LogP contribution in [0, 0.1) is 12.7 Å². The molecule has 0 fully saturated rings. The third kappa shape index (κ3) is 6.00.